The lowest BCUT2D eigenvalue weighted by Gasteiger charge is -2.21. The van der Waals surface area contributed by atoms with E-state index >= 15 is 0 Å². The molecule has 0 amide bonds. The van der Waals surface area contributed by atoms with Crippen molar-refractivity contribution in [2.75, 3.05) is 6.61 Å². The summed E-state index contributed by atoms with van der Waals surface area (Å²) in [5.74, 6) is 0.231. The van der Waals surface area contributed by atoms with Gasteiger partial charge in [0.15, 0.2) is 17.5 Å². The number of rotatable bonds is 4. The van der Waals surface area contributed by atoms with Crippen LogP contribution in [-0.4, -0.2) is 18.1 Å². The molecule has 0 fully saturated rings. The van der Waals surface area contributed by atoms with Gasteiger partial charge < -0.3 is 15.8 Å². The minimum Gasteiger partial charge on any atom is -0.491 e. The average Bonchev–Trinajstić information content (AvgIpc) is 2.27. The van der Waals surface area contributed by atoms with E-state index in [2.05, 4.69) is 10.3 Å². The Balaban J connectivity index is 0.00000361. The largest absolute Gasteiger partial charge is 0.491 e. The van der Waals surface area contributed by atoms with Gasteiger partial charge in [0, 0.05) is 5.54 Å². The standard InChI is InChI=1S/C14H22FN3O.HI/c1-5-19-12-7-6-10(8-11(12)15)9-17-13(16)18-14(2,3)4;/h6-8H,5,9H2,1-4H3,(H3,16,17,18);1H. The van der Waals surface area contributed by atoms with Crippen molar-refractivity contribution < 1.29 is 9.13 Å². The molecular formula is C14H23FIN3O. The van der Waals surface area contributed by atoms with Crippen molar-refractivity contribution in [1.29, 1.82) is 0 Å². The molecular weight excluding hydrogens is 372 g/mol. The third-order valence-corrected chi connectivity index (χ3v) is 2.23. The molecule has 0 saturated carbocycles. The maximum absolute atomic E-state index is 13.6. The quantitative estimate of drug-likeness (QED) is 0.468. The lowest BCUT2D eigenvalue weighted by molar-refractivity contribution is 0.321. The molecule has 114 valence electrons. The second kappa shape index (κ2) is 8.28. The molecule has 0 aliphatic carbocycles. The first kappa shape index (κ1) is 18.9. The number of hydrogen-bond donors (Lipinski definition) is 2. The third-order valence-electron chi connectivity index (χ3n) is 2.23. The van der Waals surface area contributed by atoms with Gasteiger partial charge in [-0.2, -0.15) is 0 Å². The molecule has 0 spiro atoms. The maximum atomic E-state index is 13.6. The fourth-order valence-electron chi connectivity index (χ4n) is 1.52. The van der Waals surface area contributed by atoms with Crippen LogP contribution in [0.5, 0.6) is 5.75 Å². The molecule has 4 nitrogen and oxygen atoms in total. The lowest BCUT2D eigenvalue weighted by atomic mass is 10.1. The summed E-state index contributed by atoms with van der Waals surface area (Å²) < 4.78 is 18.7. The van der Waals surface area contributed by atoms with Gasteiger partial charge in [-0.05, 0) is 45.4 Å². The Bertz CT molecular complexity index is 458. The zero-order valence-electron chi connectivity index (χ0n) is 12.4. The summed E-state index contributed by atoms with van der Waals surface area (Å²) in [5.41, 5.74) is 6.35. The minimum absolute atomic E-state index is 0. The fraction of sp³-hybridized carbons (Fsp3) is 0.500. The molecule has 0 saturated heterocycles. The Kier molecular flexibility index (Phi) is 7.85. The number of hydrogen-bond acceptors (Lipinski definition) is 2. The van der Waals surface area contributed by atoms with E-state index in [1.165, 1.54) is 6.07 Å². The summed E-state index contributed by atoms with van der Waals surface area (Å²) in [7, 11) is 0. The van der Waals surface area contributed by atoms with Crippen LogP contribution in [0.25, 0.3) is 0 Å². The van der Waals surface area contributed by atoms with Crippen molar-refractivity contribution in [3.8, 4) is 5.75 Å². The average molecular weight is 395 g/mol. The summed E-state index contributed by atoms with van der Waals surface area (Å²) >= 11 is 0. The summed E-state index contributed by atoms with van der Waals surface area (Å²) in [6, 6.07) is 4.80. The molecule has 1 rings (SSSR count). The van der Waals surface area contributed by atoms with E-state index in [0.29, 0.717) is 19.1 Å². The highest BCUT2D eigenvalue weighted by molar-refractivity contribution is 14.0. The van der Waals surface area contributed by atoms with Crippen LogP contribution in [0, 0.1) is 5.82 Å². The van der Waals surface area contributed by atoms with Crippen molar-refractivity contribution in [2.24, 2.45) is 10.7 Å². The van der Waals surface area contributed by atoms with Gasteiger partial charge in [0.2, 0.25) is 0 Å². The second-order valence-electron chi connectivity index (χ2n) is 5.27. The maximum Gasteiger partial charge on any atom is 0.189 e. The molecule has 0 aliphatic heterocycles. The molecule has 0 unspecified atom stereocenters. The van der Waals surface area contributed by atoms with Gasteiger partial charge in [0.05, 0.1) is 13.2 Å². The molecule has 20 heavy (non-hydrogen) atoms. The van der Waals surface area contributed by atoms with E-state index in [9.17, 15) is 4.39 Å². The number of halogens is 2. The van der Waals surface area contributed by atoms with E-state index in [0.717, 1.165) is 5.56 Å². The number of aliphatic imine (C=N–C) groups is 1. The Morgan fingerprint density at radius 3 is 2.55 bits per heavy atom. The van der Waals surface area contributed by atoms with E-state index in [4.69, 9.17) is 10.5 Å². The third kappa shape index (κ3) is 6.93. The van der Waals surface area contributed by atoms with E-state index < -0.39 is 0 Å². The molecule has 1 aromatic carbocycles. The van der Waals surface area contributed by atoms with E-state index in [-0.39, 0.29) is 41.1 Å². The number of nitrogens with two attached hydrogens (primary N) is 1. The molecule has 0 aromatic heterocycles. The number of benzene rings is 1. The van der Waals surface area contributed by atoms with Gasteiger partial charge in [-0.25, -0.2) is 9.38 Å². The Morgan fingerprint density at radius 2 is 2.05 bits per heavy atom. The summed E-state index contributed by atoms with van der Waals surface area (Å²) in [6.45, 7) is 8.56. The van der Waals surface area contributed by atoms with Crippen LogP contribution >= 0.6 is 24.0 Å². The fourth-order valence-corrected chi connectivity index (χ4v) is 1.52. The highest BCUT2D eigenvalue weighted by Crippen LogP contribution is 2.18. The van der Waals surface area contributed by atoms with Gasteiger partial charge in [0.25, 0.3) is 0 Å². The Morgan fingerprint density at radius 1 is 1.40 bits per heavy atom. The predicted octanol–water partition coefficient (Wildman–Crippen LogP) is 3.05. The van der Waals surface area contributed by atoms with Crippen LogP contribution < -0.4 is 15.8 Å². The van der Waals surface area contributed by atoms with Crippen LogP contribution in [0.1, 0.15) is 33.3 Å². The molecule has 6 heteroatoms. The van der Waals surface area contributed by atoms with Crippen LogP contribution in [0.3, 0.4) is 0 Å². The van der Waals surface area contributed by atoms with E-state index in [1.54, 1.807) is 12.1 Å². The number of nitrogens with one attached hydrogen (secondary N) is 1. The zero-order chi connectivity index (χ0) is 14.5. The first-order valence-electron chi connectivity index (χ1n) is 6.31. The van der Waals surface area contributed by atoms with Gasteiger partial charge in [-0.15, -0.1) is 24.0 Å². The number of ether oxygens (including phenoxy) is 1. The molecule has 0 bridgehead atoms. The minimum atomic E-state index is -0.378. The Labute approximate surface area is 137 Å². The SMILES string of the molecule is CCOc1ccc(CN=C(N)NC(C)(C)C)cc1F.I. The van der Waals surface area contributed by atoms with Crippen molar-refractivity contribution >= 4 is 29.9 Å². The topological polar surface area (TPSA) is 59.6 Å². The van der Waals surface area contributed by atoms with Gasteiger partial charge in [-0.3, -0.25) is 0 Å². The van der Waals surface area contributed by atoms with Gasteiger partial charge >= 0.3 is 0 Å². The zero-order valence-corrected chi connectivity index (χ0v) is 14.7. The monoisotopic (exact) mass is 395 g/mol. The molecule has 0 atom stereocenters. The first-order valence-corrected chi connectivity index (χ1v) is 6.31. The highest BCUT2D eigenvalue weighted by Gasteiger charge is 2.09. The smallest absolute Gasteiger partial charge is 0.189 e. The van der Waals surface area contributed by atoms with E-state index in [1.807, 2.05) is 27.7 Å². The number of nitrogens with zero attached hydrogens (tertiary/aromatic N) is 1. The van der Waals surface area contributed by atoms with Crippen LogP contribution in [-0.2, 0) is 6.54 Å². The van der Waals surface area contributed by atoms with Crippen LogP contribution in [0.4, 0.5) is 4.39 Å². The summed E-state index contributed by atoms with van der Waals surface area (Å²) in [5, 5.41) is 3.04. The second-order valence-corrected chi connectivity index (χ2v) is 5.27. The summed E-state index contributed by atoms with van der Waals surface area (Å²) in [4.78, 5) is 4.17. The lowest BCUT2D eigenvalue weighted by Crippen LogP contribution is -2.44. The van der Waals surface area contributed by atoms with Crippen molar-refractivity contribution in [3.05, 3.63) is 29.6 Å². The molecule has 0 radical (unpaired) electrons. The normalized spacial score (nSPS) is 11.8. The molecule has 1 aromatic rings. The van der Waals surface area contributed by atoms with Crippen molar-refractivity contribution in [3.63, 3.8) is 0 Å². The molecule has 0 aliphatic rings. The number of guanidine groups is 1. The van der Waals surface area contributed by atoms with Crippen molar-refractivity contribution in [2.45, 2.75) is 39.8 Å². The molecule has 0 heterocycles. The van der Waals surface area contributed by atoms with Crippen LogP contribution in [0.2, 0.25) is 0 Å². The molecule has 3 N–H and O–H groups in total. The van der Waals surface area contributed by atoms with Crippen molar-refractivity contribution in [1.82, 2.24) is 5.32 Å². The summed E-state index contributed by atoms with van der Waals surface area (Å²) in [6.07, 6.45) is 0. The predicted molar refractivity (Wildman–Crippen MR) is 91.2 cm³/mol. The van der Waals surface area contributed by atoms with Gasteiger partial charge in [-0.1, -0.05) is 6.07 Å². The van der Waals surface area contributed by atoms with Crippen LogP contribution in [0.15, 0.2) is 23.2 Å². The first-order chi connectivity index (χ1) is 8.81. The Hall–Kier alpha value is -1.05. The van der Waals surface area contributed by atoms with Gasteiger partial charge in [0.1, 0.15) is 0 Å². The highest BCUT2D eigenvalue weighted by atomic mass is 127.